The van der Waals surface area contributed by atoms with Gasteiger partial charge in [0.05, 0.1) is 20.8 Å². The number of benzene rings is 2. The largest absolute Gasteiger partial charge is 0.497 e. The molecule has 1 amide bonds. The van der Waals surface area contributed by atoms with Gasteiger partial charge in [0.1, 0.15) is 11.5 Å². The topological polar surface area (TPSA) is 76.7 Å². The lowest BCUT2D eigenvalue weighted by Gasteiger charge is -2.11. The summed E-state index contributed by atoms with van der Waals surface area (Å²) in [5.41, 5.74) is 1.98. The predicted octanol–water partition coefficient (Wildman–Crippen LogP) is 2.96. The first-order chi connectivity index (χ1) is 11.5. The van der Waals surface area contributed by atoms with Crippen molar-refractivity contribution in [2.45, 2.75) is 6.92 Å². The lowest BCUT2D eigenvalue weighted by molar-refractivity contribution is -0.114. The van der Waals surface area contributed by atoms with Gasteiger partial charge in [0.25, 0.3) is 0 Å². The second-order valence-electron chi connectivity index (χ2n) is 5.14. The fourth-order valence-electron chi connectivity index (χ4n) is 2.09. The molecule has 126 valence electrons. The van der Waals surface area contributed by atoms with E-state index in [2.05, 4.69) is 10.6 Å². The second-order valence-corrected chi connectivity index (χ2v) is 5.14. The third kappa shape index (κ3) is 4.74. The third-order valence-corrected chi connectivity index (χ3v) is 3.38. The van der Waals surface area contributed by atoms with E-state index >= 15 is 0 Å². The molecule has 2 aromatic rings. The van der Waals surface area contributed by atoms with Crippen LogP contribution in [0.25, 0.3) is 0 Å². The van der Waals surface area contributed by atoms with Crippen molar-refractivity contribution < 1.29 is 19.1 Å². The van der Waals surface area contributed by atoms with Gasteiger partial charge in [0, 0.05) is 35.1 Å². The van der Waals surface area contributed by atoms with Crippen LogP contribution in [0.5, 0.6) is 11.5 Å². The molecule has 0 radical (unpaired) electrons. The standard InChI is InChI=1S/C18H20N2O4/c1-12(21)13-4-6-14(7-5-13)19-11-18(22)20-15-8-16(23-2)10-17(9-15)24-3/h4-10,19H,11H2,1-3H3,(H,20,22). The van der Waals surface area contributed by atoms with Gasteiger partial charge in [-0.15, -0.1) is 0 Å². The Balaban J connectivity index is 1.94. The molecule has 0 spiro atoms. The summed E-state index contributed by atoms with van der Waals surface area (Å²) in [4.78, 5) is 23.3. The highest BCUT2D eigenvalue weighted by Crippen LogP contribution is 2.25. The van der Waals surface area contributed by atoms with Crippen LogP contribution in [-0.4, -0.2) is 32.5 Å². The fraction of sp³-hybridized carbons (Fsp3) is 0.222. The monoisotopic (exact) mass is 328 g/mol. The van der Waals surface area contributed by atoms with Crippen molar-refractivity contribution in [2.75, 3.05) is 31.4 Å². The Bertz CT molecular complexity index is 704. The van der Waals surface area contributed by atoms with E-state index in [4.69, 9.17) is 9.47 Å². The first kappa shape index (κ1) is 17.3. The quantitative estimate of drug-likeness (QED) is 0.764. The van der Waals surface area contributed by atoms with Crippen molar-refractivity contribution in [3.8, 4) is 11.5 Å². The molecule has 0 aromatic heterocycles. The van der Waals surface area contributed by atoms with Crippen LogP contribution in [0, 0.1) is 0 Å². The Kier molecular flexibility index (Phi) is 5.78. The van der Waals surface area contributed by atoms with Crippen LogP contribution in [-0.2, 0) is 4.79 Å². The van der Waals surface area contributed by atoms with E-state index in [0.717, 1.165) is 5.69 Å². The maximum absolute atomic E-state index is 12.1. The van der Waals surface area contributed by atoms with Gasteiger partial charge in [-0.1, -0.05) is 0 Å². The summed E-state index contributed by atoms with van der Waals surface area (Å²) >= 11 is 0. The SMILES string of the molecule is COc1cc(NC(=O)CNc2ccc(C(C)=O)cc2)cc(OC)c1. The molecule has 0 bridgehead atoms. The summed E-state index contributed by atoms with van der Waals surface area (Å²) in [6.07, 6.45) is 0. The Morgan fingerprint density at radius 2 is 1.50 bits per heavy atom. The number of anilines is 2. The summed E-state index contributed by atoms with van der Waals surface area (Å²) in [6.45, 7) is 1.61. The average Bonchev–Trinajstić information content (AvgIpc) is 2.59. The van der Waals surface area contributed by atoms with Gasteiger partial charge in [0.15, 0.2) is 5.78 Å². The Hall–Kier alpha value is -3.02. The van der Waals surface area contributed by atoms with E-state index in [0.29, 0.717) is 22.7 Å². The first-order valence-corrected chi connectivity index (χ1v) is 7.39. The lowest BCUT2D eigenvalue weighted by atomic mass is 10.1. The molecule has 2 aromatic carbocycles. The fourth-order valence-corrected chi connectivity index (χ4v) is 2.09. The van der Waals surface area contributed by atoms with Crippen LogP contribution in [0.15, 0.2) is 42.5 Å². The summed E-state index contributed by atoms with van der Waals surface area (Å²) in [6, 6.07) is 12.1. The minimum absolute atomic E-state index is 0.00580. The summed E-state index contributed by atoms with van der Waals surface area (Å²) < 4.78 is 10.3. The number of Topliss-reactive ketones (excluding diaryl/α,β-unsaturated/α-hetero) is 1. The number of hydrogen-bond donors (Lipinski definition) is 2. The molecule has 0 unspecified atom stereocenters. The number of amides is 1. The molecule has 2 rings (SSSR count). The lowest BCUT2D eigenvalue weighted by Crippen LogP contribution is -2.21. The van der Waals surface area contributed by atoms with Gasteiger partial charge in [-0.2, -0.15) is 0 Å². The van der Waals surface area contributed by atoms with Gasteiger partial charge >= 0.3 is 0 Å². The number of nitrogens with one attached hydrogen (secondary N) is 2. The minimum Gasteiger partial charge on any atom is -0.497 e. The number of ketones is 1. The van der Waals surface area contributed by atoms with Gasteiger partial charge in [-0.05, 0) is 31.2 Å². The zero-order valence-corrected chi connectivity index (χ0v) is 13.9. The second kappa shape index (κ2) is 8.01. The highest BCUT2D eigenvalue weighted by atomic mass is 16.5. The molecule has 0 saturated heterocycles. The summed E-state index contributed by atoms with van der Waals surface area (Å²) in [5, 5.41) is 5.78. The van der Waals surface area contributed by atoms with Crippen LogP contribution >= 0.6 is 0 Å². The number of carbonyl (C=O) groups excluding carboxylic acids is 2. The maximum Gasteiger partial charge on any atom is 0.243 e. The normalized spacial score (nSPS) is 9.96. The van der Waals surface area contributed by atoms with E-state index in [9.17, 15) is 9.59 Å². The highest BCUT2D eigenvalue weighted by Gasteiger charge is 2.06. The number of ether oxygens (including phenoxy) is 2. The van der Waals surface area contributed by atoms with E-state index in [-0.39, 0.29) is 18.2 Å². The molecule has 2 N–H and O–H groups in total. The van der Waals surface area contributed by atoms with Crippen LogP contribution in [0.1, 0.15) is 17.3 Å². The van der Waals surface area contributed by atoms with Crippen molar-refractivity contribution in [1.82, 2.24) is 0 Å². The molecule has 6 nitrogen and oxygen atoms in total. The molecule has 0 heterocycles. The number of methoxy groups -OCH3 is 2. The van der Waals surface area contributed by atoms with Crippen molar-refractivity contribution in [2.24, 2.45) is 0 Å². The zero-order chi connectivity index (χ0) is 17.5. The van der Waals surface area contributed by atoms with Crippen LogP contribution < -0.4 is 20.1 Å². The number of rotatable bonds is 7. The van der Waals surface area contributed by atoms with Crippen LogP contribution in [0.4, 0.5) is 11.4 Å². The van der Waals surface area contributed by atoms with Gasteiger partial charge in [0.2, 0.25) is 5.91 Å². The highest BCUT2D eigenvalue weighted by molar-refractivity contribution is 5.95. The molecule has 0 saturated carbocycles. The van der Waals surface area contributed by atoms with Crippen molar-refractivity contribution in [3.05, 3.63) is 48.0 Å². The third-order valence-electron chi connectivity index (χ3n) is 3.38. The van der Waals surface area contributed by atoms with Crippen LogP contribution in [0.2, 0.25) is 0 Å². The van der Waals surface area contributed by atoms with Gasteiger partial charge in [-0.3, -0.25) is 9.59 Å². The smallest absolute Gasteiger partial charge is 0.243 e. The minimum atomic E-state index is -0.207. The van der Waals surface area contributed by atoms with Crippen molar-refractivity contribution in [1.29, 1.82) is 0 Å². The summed E-state index contributed by atoms with van der Waals surface area (Å²) in [5.74, 6) is 0.988. The molecule has 6 heteroatoms. The molecule has 24 heavy (non-hydrogen) atoms. The van der Waals surface area contributed by atoms with Gasteiger partial charge < -0.3 is 20.1 Å². The molecule has 0 atom stereocenters. The molecule has 0 aliphatic rings. The van der Waals surface area contributed by atoms with E-state index in [1.54, 1.807) is 56.7 Å². The molecule has 0 fully saturated rings. The van der Waals surface area contributed by atoms with E-state index < -0.39 is 0 Å². The zero-order valence-electron chi connectivity index (χ0n) is 13.9. The maximum atomic E-state index is 12.1. The van der Waals surface area contributed by atoms with Gasteiger partial charge in [-0.25, -0.2) is 0 Å². The average molecular weight is 328 g/mol. The van der Waals surface area contributed by atoms with Crippen molar-refractivity contribution in [3.63, 3.8) is 0 Å². The first-order valence-electron chi connectivity index (χ1n) is 7.39. The van der Waals surface area contributed by atoms with E-state index in [1.165, 1.54) is 6.92 Å². The Labute approximate surface area is 140 Å². The number of hydrogen-bond acceptors (Lipinski definition) is 5. The molecule has 0 aliphatic carbocycles. The molecular formula is C18H20N2O4. The summed E-state index contributed by atoms with van der Waals surface area (Å²) in [7, 11) is 3.10. The molecule has 0 aliphatic heterocycles. The Morgan fingerprint density at radius 1 is 0.917 bits per heavy atom. The molecular weight excluding hydrogens is 308 g/mol. The van der Waals surface area contributed by atoms with E-state index in [1.807, 2.05) is 0 Å². The number of carbonyl (C=O) groups is 2. The predicted molar refractivity (Wildman–Crippen MR) is 93.1 cm³/mol. The van der Waals surface area contributed by atoms with Crippen LogP contribution in [0.3, 0.4) is 0 Å². The van der Waals surface area contributed by atoms with Crippen molar-refractivity contribution >= 4 is 23.1 Å². The Morgan fingerprint density at radius 3 is 2.00 bits per heavy atom.